The molecule has 0 aliphatic rings. The van der Waals surface area contributed by atoms with Crippen LogP contribution in [-0.4, -0.2) is 17.1 Å². The average molecular weight is 1320 g/mol. The first kappa shape index (κ1) is 86.5. The molecule has 0 aliphatic heterocycles. The molecule has 0 heterocycles. The normalized spacial score (nSPS) is 11.6. The maximum atomic E-state index is 4.86. The van der Waals surface area contributed by atoms with Crippen LogP contribution in [0.2, 0.25) is 0 Å². The van der Waals surface area contributed by atoms with Gasteiger partial charge in [-0.25, -0.2) is 0 Å². The molecule has 0 aromatic heterocycles. The number of para-hydroxylation sites is 6. The largest absolute Gasteiger partial charge is 2.00 e. The molecule has 14 heteroatoms. The molecule has 0 unspecified atom stereocenters. The summed E-state index contributed by atoms with van der Waals surface area (Å²) in [5.74, 6) is 0. The standard InChI is InChI=1S/3C22H27N2.4Fe.K.3S/c3*1-14-10-8-11-15(2)21(14)23-19(6)18(5)20(7)24-22-16(3)12-9-13-17(22)4;;;;;;;;/h3*8-13H,1-7H3;;;;;;;;/q3*-1;4*+2;+1;3*-2/b3*19-18-,24-20?;;;;;;;;. The summed E-state index contributed by atoms with van der Waals surface area (Å²) in [6, 6.07) is 37.7. The Labute approximate surface area is 590 Å². The molecule has 0 radical (unpaired) electrons. The Kier molecular flexibility index (Phi) is 45.1. The summed E-state index contributed by atoms with van der Waals surface area (Å²) in [6.45, 7) is 43.9. The van der Waals surface area contributed by atoms with Crippen LogP contribution in [0.25, 0.3) is 16.0 Å². The molecule has 6 rings (SSSR count). The summed E-state index contributed by atoms with van der Waals surface area (Å²) in [4.78, 5) is 14.6. The van der Waals surface area contributed by atoms with Crippen LogP contribution in [0.1, 0.15) is 129 Å². The predicted octanol–water partition coefficient (Wildman–Crippen LogP) is 18.0. The first-order valence-electron chi connectivity index (χ1n) is 25.1. The van der Waals surface area contributed by atoms with E-state index in [1.807, 2.05) is 0 Å². The first-order chi connectivity index (χ1) is 33.9. The third kappa shape index (κ3) is 25.1. The van der Waals surface area contributed by atoms with Crippen molar-refractivity contribution in [2.24, 2.45) is 15.0 Å². The van der Waals surface area contributed by atoms with Crippen LogP contribution >= 0.6 is 0 Å². The summed E-state index contributed by atoms with van der Waals surface area (Å²) in [5.41, 5.74) is 30.2. The molecule has 6 nitrogen and oxygen atoms in total. The van der Waals surface area contributed by atoms with Gasteiger partial charge in [0.1, 0.15) is 0 Å². The molecule has 426 valence electrons. The van der Waals surface area contributed by atoms with Crippen molar-refractivity contribution in [3.8, 4) is 0 Å². The van der Waals surface area contributed by atoms with Gasteiger partial charge in [0.25, 0.3) is 0 Å². The number of benzene rings is 6. The van der Waals surface area contributed by atoms with Crippen molar-refractivity contribution in [2.75, 3.05) is 0 Å². The SMILES string of the molecule is CC(=Nc1c(C)cccc1C)/C(C)=C(/C)[N-]c1c(C)cccc1C.CC(=Nc1c(C)cccc1C)/C(C)=C(/C)[N-]c1c(C)cccc1C.CC(=Nc1c(C)cccc1C)/C(C)=C(/C)[N-]c1c(C)cccc1C.[Fe+2].[Fe+2].[Fe+2].[Fe+2].[K+].[S-2].[S-2].[S-2]. The summed E-state index contributed by atoms with van der Waals surface area (Å²) >= 11 is 0. The zero-order valence-electron chi connectivity index (χ0n) is 51.2. The quantitative estimate of drug-likeness (QED) is 0.0864. The number of allylic oxidation sites excluding steroid dienone is 6. The minimum Gasteiger partial charge on any atom is -2.00 e. The fourth-order valence-corrected chi connectivity index (χ4v) is 8.19. The van der Waals surface area contributed by atoms with E-state index in [0.29, 0.717) is 0 Å². The first-order valence-corrected chi connectivity index (χ1v) is 25.1. The molecule has 0 aliphatic carbocycles. The smallest absolute Gasteiger partial charge is 2.00 e. The second kappa shape index (κ2) is 41.7. The van der Waals surface area contributed by atoms with Gasteiger partial charge < -0.3 is 56.4 Å². The van der Waals surface area contributed by atoms with E-state index in [0.717, 1.165) is 85.1 Å². The Morgan fingerprint density at radius 3 is 0.550 bits per heavy atom. The molecule has 6 aromatic rings. The molecule has 0 bridgehead atoms. The third-order valence-corrected chi connectivity index (χ3v) is 13.6. The van der Waals surface area contributed by atoms with Crippen molar-refractivity contribution in [3.63, 3.8) is 0 Å². The fraction of sp³-hybridized carbons (Fsp3) is 0.318. The Balaban J connectivity index is -0.000000335. The van der Waals surface area contributed by atoms with Crippen molar-refractivity contribution in [1.82, 2.24) is 0 Å². The van der Waals surface area contributed by atoms with Gasteiger partial charge >= 0.3 is 120 Å². The number of hydrogen-bond acceptors (Lipinski definition) is 3. The van der Waals surface area contributed by atoms with Gasteiger partial charge in [0.2, 0.25) is 0 Å². The van der Waals surface area contributed by atoms with Gasteiger partial charge in [-0.15, -0.1) is 17.1 Å². The van der Waals surface area contributed by atoms with E-state index in [-0.39, 0.29) is 160 Å². The second-order valence-corrected chi connectivity index (χ2v) is 19.5. The van der Waals surface area contributed by atoms with E-state index >= 15 is 0 Å². The number of hydrogen-bond donors (Lipinski definition) is 0. The van der Waals surface area contributed by atoms with Gasteiger partial charge in [-0.2, -0.15) is 17.1 Å². The molecule has 80 heavy (non-hydrogen) atoms. The molecule has 0 amide bonds. The summed E-state index contributed by atoms with van der Waals surface area (Å²) in [7, 11) is 0. The fourth-order valence-electron chi connectivity index (χ4n) is 8.19. The van der Waals surface area contributed by atoms with Crippen molar-refractivity contribution < 1.29 is 120 Å². The maximum absolute atomic E-state index is 4.86. The molecule has 0 N–H and O–H groups in total. The maximum Gasteiger partial charge on any atom is 2.00 e. The predicted molar refractivity (Wildman–Crippen MR) is 340 cm³/mol. The Hall–Kier alpha value is -2.29. The van der Waals surface area contributed by atoms with Gasteiger partial charge in [-0.1, -0.05) is 163 Å². The van der Waals surface area contributed by atoms with E-state index in [1.54, 1.807) is 0 Å². The van der Waals surface area contributed by atoms with Crippen LogP contribution in [0.4, 0.5) is 34.1 Å². The molecule has 0 saturated carbocycles. The number of rotatable bonds is 12. The molecular weight excluding hydrogens is 1240 g/mol. The minimum absolute atomic E-state index is 0. The number of nitrogens with zero attached hydrogens (tertiary/aromatic N) is 6. The van der Waals surface area contributed by atoms with Crippen LogP contribution in [0.15, 0.2) is 158 Å². The van der Waals surface area contributed by atoms with Crippen molar-refractivity contribution in [1.29, 1.82) is 0 Å². The van der Waals surface area contributed by atoms with Crippen LogP contribution in [-0.2, 0) is 109 Å². The van der Waals surface area contributed by atoms with Crippen LogP contribution in [0.3, 0.4) is 0 Å². The van der Waals surface area contributed by atoms with E-state index in [4.69, 9.17) is 30.9 Å². The van der Waals surface area contributed by atoms with Crippen LogP contribution in [0.5, 0.6) is 0 Å². The summed E-state index contributed by atoms with van der Waals surface area (Å²) in [6.07, 6.45) is 0. The Bertz CT molecular complexity index is 2690. The van der Waals surface area contributed by atoms with Crippen molar-refractivity contribution in [3.05, 3.63) is 226 Å². The number of aliphatic imine (C=N–C) groups is 3. The summed E-state index contributed by atoms with van der Waals surface area (Å²) < 4.78 is 0. The van der Waals surface area contributed by atoms with Gasteiger partial charge in [-0.05, 0) is 175 Å². The van der Waals surface area contributed by atoms with E-state index in [2.05, 4.69) is 255 Å². The Morgan fingerprint density at radius 1 is 0.263 bits per heavy atom. The second-order valence-electron chi connectivity index (χ2n) is 19.5. The third-order valence-electron chi connectivity index (χ3n) is 13.6. The average Bonchev–Trinajstić information content (AvgIpc) is 3.33. The van der Waals surface area contributed by atoms with Crippen molar-refractivity contribution >= 4 is 91.7 Å². The monoisotopic (exact) mass is 1320 g/mol. The minimum atomic E-state index is 0. The van der Waals surface area contributed by atoms with Crippen molar-refractivity contribution in [2.45, 2.75) is 145 Å². The van der Waals surface area contributed by atoms with Crippen LogP contribution < -0.4 is 51.4 Å². The molecule has 0 fully saturated rings. The zero-order chi connectivity index (χ0) is 53.6. The van der Waals surface area contributed by atoms with Gasteiger partial charge in [0.05, 0.1) is 17.1 Å². The number of aryl methyl sites for hydroxylation is 12. The molecule has 0 atom stereocenters. The summed E-state index contributed by atoms with van der Waals surface area (Å²) in [5, 5.41) is 14.6. The molecule has 6 aromatic carbocycles. The van der Waals surface area contributed by atoms with E-state index in [9.17, 15) is 0 Å². The zero-order valence-corrected chi connectivity index (χ0v) is 61.2. The van der Waals surface area contributed by atoms with Gasteiger partial charge in [0.15, 0.2) is 0 Å². The van der Waals surface area contributed by atoms with Gasteiger partial charge in [0, 0.05) is 17.1 Å². The van der Waals surface area contributed by atoms with Crippen LogP contribution in [0, 0.1) is 83.1 Å². The van der Waals surface area contributed by atoms with Gasteiger partial charge in [-0.3, -0.25) is 15.0 Å². The topological polar surface area (TPSA) is 79.4 Å². The Morgan fingerprint density at radius 2 is 0.400 bits per heavy atom. The van der Waals surface area contributed by atoms with E-state index in [1.165, 1.54) is 66.8 Å². The van der Waals surface area contributed by atoms with E-state index < -0.39 is 0 Å². The molecule has 0 saturated heterocycles. The molecule has 0 spiro atoms. The molecular formula is C66H81Fe4KN6S3.